The van der Waals surface area contributed by atoms with Crippen LogP contribution in [0.2, 0.25) is 0 Å². The van der Waals surface area contributed by atoms with Crippen LogP contribution in [0.15, 0.2) is 29.4 Å². The van der Waals surface area contributed by atoms with Crippen LogP contribution < -0.4 is 5.73 Å². The summed E-state index contributed by atoms with van der Waals surface area (Å²) in [7, 11) is 0. The van der Waals surface area contributed by atoms with E-state index < -0.39 is 0 Å². The topological polar surface area (TPSA) is 58.6 Å². The molecule has 1 aromatic rings. The van der Waals surface area contributed by atoms with Crippen molar-refractivity contribution in [3.8, 4) is 0 Å². The van der Waals surface area contributed by atoms with E-state index >= 15 is 0 Å². The molecule has 0 radical (unpaired) electrons. The van der Waals surface area contributed by atoms with Gasteiger partial charge >= 0.3 is 0 Å². The summed E-state index contributed by atoms with van der Waals surface area (Å²) in [4.78, 5) is 0. The molecule has 88 valence electrons. The lowest BCUT2D eigenvalue weighted by Crippen LogP contribution is -2.16. The van der Waals surface area contributed by atoms with Gasteiger partial charge in [0, 0.05) is 17.4 Å². The summed E-state index contributed by atoms with van der Waals surface area (Å²) in [5.74, 6) is 1.26. The normalized spacial score (nSPS) is 13.8. The van der Waals surface area contributed by atoms with Gasteiger partial charge in [-0.3, -0.25) is 0 Å². The zero-order valence-corrected chi connectivity index (χ0v) is 10.5. The zero-order chi connectivity index (χ0) is 12.0. The molecular weight excluding hydrogens is 220 g/mol. The van der Waals surface area contributed by atoms with E-state index in [0.29, 0.717) is 17.5 Å². The molecule has 1 aromatic carbocycles. The molecule has 0 aromatic heterocycles. The van der Waals surface area contributed by atoms with E-state index in [1.54, 1.807) is 0 Å². The molecule has 0 bridgehead atoms. The number of hydrogen-bond acceptors (Lipinski definition) is 3. The van der Waals surface area contributed by atoms with Crippen molar-refractivity contribution in [3.05, 3.63) is 35.4 Å². The Morgan fingerprint density at radius 1 is 1.56 bits per heavy atom. The number of nitrogens with two attached hydrogens (primary N) is 1. The Bertz CT molecular complexity index is 366. The number of benzene rings is 1. The number of rotatable bonds is 5. The minimum Gasteiger partial charge on any atom is -0.409 e. The lowest BCUT2D eigenvalue weighted by molar-refractivity contribution is 0.317. The minimum absolute atomic E-state index is 0.296. The first-order chi connectivity index (χ1) is 7.61. The maximum absolute atomic E-state index is 8.46. The van der Waals surface area contributed by atoms with Crippen LogP contribution in [0.4, 0.5) is 0 Å². The molecule has 0 amide bonds. The van der Waals surface area contributed by atoms with E-state index in [1.165, 1.54) is 11.1 Å². The van der Waals surface area contributed by atoms with Crippen molar-refractivity contribution in [2.75, 3.05) is 0 Å². The van der Waals surface area contributed by atoms with Crippen LogP contribution in [0.1, 0.15) is 24.5 Å². The predicted molar refractivity (Wildman–Crippen MR) is 70.0 cm³/mol. The van der Waals surface area contributed by atoms with Crippen molar-refractivity contribution in [1.29, 1.82) is 0 Å². The third-order valence-electron chi connectivity index (χ3n) is 2.24. The average Bonchev–Trinajstić information content (AvgIpc) is 2.26. The van der Waals surface area contributed by atoms with Crippen LogP contribution in [0.3, 0.4) is 0 Å². The van der Waals surface area contributed by atoms with Crippen molar-refractivity contribution in [3.63, 3.8) is 0 Å². The van der Waals surface area contributed by atoms with Crippen LogP contribution in [0.5, 0.6) is 0 Å². The molecule has 16 heavy (non-hydrogen) atoms. The van der Waals surface area contributed by atoms with E-state index in [2.05, 4.69) is 43.3 Å². The molecule has 1 rings (SSSR count). The van der Waals surface area contributed by atoms with Gasteiger partial charge < -0.3 is 10.9 Å². The smallest absolute Gasteiger partial charge is 0.140 e. The highest BCUT2D eigenvalue weighted by Crippen LogP contribution is 2.20. The Labute approximate surface area is 101 Å². The summed E-state index contributed by atoms with van der Waals surface area (Å²) >= 11 is 1.81. The fraction of sp³-hybridized carbons (Fsp3) is 0.417. The Hall–Kier alpha value is -1.16. The summed E-state index contributed by atoms with van der Waals surface area (Å²) in [5, 5.41) is 11.8. The minimum atomic E-state index is 0.296. The number of aryl methyl sites for hydroxylation is 1. The van der Waals surface area contributed by atoms with E-state index in [-0.39, 0.29) is 0 Å². The molecule has 1 unspecified atom stereocenters. The second kappa shape index (κ2) is 6.43. The number of oxime groups is 1. The summed E-state index contributed by atoms with van der Waals surface area (Å²) in [6.45, 7) is 4.17. The molecule has 3 N–H and O–H groups in total. The molecule has 0 aliphatic heterocycles. The second-order valence-electron chi connectivity index (χ2n) is 3.91. The highest BCUT2D eigenvalue weighted by atomic mass is 32.2. The van der Waals surface area contributed by atoms with E-state index in [9.17, 15) is 0 Å². The van der Waals surface area contributed by atoms with Crippen molar-refractivity contribution in [2.24, 2.45) is 10.9 Å². The van der Waals surface area contributed by atoms with Gasteiger partial charge in [0.15, 0.2) is 0 Å². The van der Waals surface area contributed by atoms with Gasteiger partial charge in [-0.25, -0.2) is 0 Å². The van der Waals surface area contributed by atoms with Crippen LogP contribution >= 0.6 is 11.8 Å². The van der Waals surface area contributed by atoms with Gasteiger partial charge in [0.25, 0.3) is 0 Å². The molecule has 0 aliphatic carbocycles. The monoisotopic (exact) mass is 238 g/mol. The quantitative estimate of drug-likeness (QED) is 0.359. The third kappa shape index (κ3) is 4.57. The summed E-state index contributed by atoms with van der Waals surface area (Å²) < 4.78 is 0. The lowest BCUT2D eigenvalue weighted by atomic mass is 10.2. The van der Waals surface area contributed by atoms with Gasteiger partial charge in [-0.15, -0.1) is 0 Å². The first-order valence-corrected chi connectivity index (χ1v) is 6.30. The SMILES string of the molecule is Cc1cccc(CSC(C)CC(N)=NO)c1. The van der Waals surface area contributed by atoms with Gasteiger partial charge in [-0.2, -0.15) is 11.8 Å². The maximum atomic E-state index is 8.46. The zero-order valence-electron chi connectivity index (χ0n) is 9.68. The Kier molecular flexibility index (Phi) is 5.19. The van der Waals surface area contributed by atoms with Crippen LogP contribution in [-0.2, 0) is 5.75 Å². The van der Waals surface area contributed by atoms with Gasteiger partial charge in [-0.05, 0) is 12.5 Å². The van der Waals surface area contributed by atoms with Crippen LogP contribution in [-0.4, -0.2) is 16.3 Å². The van der Waals surface area contributed by atoms with Crippen molar-refractivity contribution in [2.45, 2.75) is 31.3 Å². The number of thioether (sulfide) groups is 1. The molecule has 4 heteroatoms. The van der Waals surface area contributed by atoms with Crippen molar-refractivity contribution < 1.29 is 5.21 Å². The van der Waals surface area contributed by atoms with Gasteiger partial charge in [0.2, 0.25) is 0 Å². The summed E-state index contributed by atoms with van der Waals surface area (Å²) in [5.41, 5.74) is 8.05. The Morgan fingerprint density at radius 3 is 2.94 bits per heavy atom. The largest absolute Gasteiger partial charge is 0.409 e. The molecule has 0 heterocycles. The van der Waals surface area contributed by atoms with Crippen molar-refractivity contribution >= 4 is 17.6 Å². The fourth-order valence-electron chi connectivity index (χ4n) is 1.43. The second-order valence-corrected chi connectivity index (χ2v) is 5.33. The van der Waals surface area contributed by atoms with Gasteiger partial charge in [0.1, 0.15) is 5.84 Å². The first-order valence-electron chi connectivity index (χ1n) is 5.25. The highest BCUT2D eigenvalue weighted by Gasteiger charge is 2.06. The summed E-state index contributed by atoms with van der Waals surface area (Å²) in [6.07, 6.45) is 0.618. The predicted octanol–water partition coefficient (Wildman–Crippen LogP) is 2.75. The number of nitrogens with zero attached hydrogens (tertiary/aromatic N) is 1. The molecular formula is C12H18N2OS. The maximum Gasteiger partial charge on any atom is 0.140 e. The van der Waals surface area contributed by atoms with Gasteiger partial charge in [0.05, 0.1) is 0 Å². The standard InChI is InChI=1S/C12H18N2OS/c1-9-4-3-5-11(6-9)8-16-10(2)7-12(13)14-15/h3-6,10,15H,7-8H2,1-2H3,(H2,13,14). The Morgan fingerprint density at radius 2 is 2.31 bits per heavy atom. The fourth-order valence-corrected chi connectivity index (χ4v) is 2.38. The van der Waals surface area contributed by atoms with Crippen LogP contribution in [0.25, 0.3) is 0 Å². The molecule has 0 saturated carbocycles. The van der Waals surface area contributed by atoms with E-state index in [0.717, 1.165) is 5.75 Å². The molecule has 3 nitrogen and oxygen atoms in total. The molecule has 0 aliphatic rings. The van der Waals surface area contributed by atoms with E-state index in [1.807, 2.05) is 11.8 Å². The molecule has 1 atom stereocenters. The molecule has 0 saturated heterocycles. The molecule has 0 spiro atoms. The first kappa shape index (κ1) is 12.9. The Balaban J connectivity index is 2.40. The lowest BCUT2D eigenvalue weighted by Gasteiger charge is -2.10. The average molecular weight is 238 g/mol. The van der Waals surface area contributed by atoms with Gasteiger partial charge in [-0.1, -0.05) is 41.9 Å². The van der Waals surface area contributed by atoms with Crippen LogP contribution in [0, 0.1) is 6.92 Å². The number of hydrogen-bond donors (Lipinski definition) is 2. The third-order valence-corrected chi connectivity index (χ3v) is 3.48. The molecule has 0 fully saturated rings. The summed E-state index contributed by atoms with van der Waals surface area (Å²) in [6, 6.07) is 8.47. The van der Waals surface area contributed by atoms with Crippen molar-refractivity contribution in [1.82, 2.24) is 0 Å². The van der Waals surface area contributed by atoms with E-state index in [4.69, 9.17) is 10.9 Å². The highest BCUT2D eigenvalue weighted by molar-refractivity contribution is 7.99. The number of amidine groups is 1.